The van der Waals surface area contributed by atoms with Crippen LogP contribution in [0.4, 0.5) is 10.5 Å². The minimum absolute atomic E-state index is 0.303. The van der Waals surface area contributed by atoms with E-state index in [1.165, 1.54) is 17.7 Å². The zero-order chi connectivity index (χ0) is 17.0. The largest absolute Gasteiger partial charge is 0.444 e. The Hall–Kier alpha value is -1.20. The van der Waals surface area contributed by atoms with Crippen LogP contribution in [-0.4, -0.2) is 28.7 Å². The zero-order valence-electron chi connectivity index (χ0n) is 14.7. The first kappa shape index (κ1) is 18.1. The van der Waals surface area contributed by atoms with Gasteiger partial charge in [-0.2, -0.15) is 11.8 Å². The molecule has 2 rings (SSSR count). The van der Waals surface area contributed by atoms with Gasteiger partial charge in [0.05, 0.1) is 0 Å². The highest BCUT2D eigenvalue weighted by Gasteiger charge is 2.25. The van der Waals surface area contributed by atoms with E-state index in [1.54, 1.807) is 0 Å². The van der Waals surface area contributed by atoms with E-state index in [1.807, 2.05) is 44.7 Å². The fourth-order valence-electron chi connectivity index (χ4n) is 2.64. The summed E-state index contributed by atoms with van der Waals surface area (Å²) in [6.07, 6.45) is 0.808. The number of anilines is 1. The first-order valence-corrected chi connectivity index (χ1v) is 9.27. The van der Waals surface area contributed by atoms with E-state index in [0.717, 1.165) is 5.69 Å². The SMILES string of the molecule is CC(NC1CCSC1C)c1ccc(NC(=O)OC(C)(C)C)cc1. The first-order valence-electron chi connectivity index (χ1n) is 8.22. The van der Waals surface area contributed by atoms with Gasteiger partial charge in [0.25, 0.3) is 0 Å². The molecule has 23 heavy (non-hydrogen) atoms. The van der Waals surface area contributed by atoms with Gasteiger partial charge in [-0.15, -0.1) is 0 Å². The Morgan fingerprint density at radius 1 is 1.30 bits per heavy atom. The number of hydrogen-bond acceptors (Lipinski definition) is 4. The second-order valence-electron chi connectivity index (χ2n) is 7.11. The number of hydrogen-bond donors (Lipinski definition) is 2. The summed E-state index contributed by atoms with van der Waals surface area (Å²) in [5.74, 6) is 1.24. The van der Waals surface area contributed by atoms with Crippen molar-refractivity contribution in [2.45, 2.75) is 64.0 Å². The molecule has 0 bridgehead atoms. The quantitative estimate of drug-likeness (QED) is 0.845. The van der Waals surface area contributed by atoms with Crippen molar-refractivity contribution in [2.24, 2.45) is 0 Å². The standard InChI is InChI=1S/C18H28N2O2S/c1-12(19-16-10-11-23-13(16)2)14-6-8-15(9-7-14)20-17(21)22-18(3,4)5/h6-9,12-13,16,19H,10-11H2,1-5H3,(H,20,21). The molecule has 2 N–H and O–H groups in total. The molecule has 0 radical (unpaired) electrons. The Morgan fingerprint density at radius 2 is 1.96 bits per heavy atom. The normalized spacial score (nSPS) is 22.7. The summed E-state index contributed by atoms with van der Waals surface area (Å²) < 4.78 is 5.26. The number of nitrogens with one attached hydrogen (secondary N) is 2. The minimum Gasteiger partial charge on any atom is -0.444 e. The maximum Gasteiger partial charge on any atom is 0.412 e. The molecule has 3 unspecified atom stereocenters. The van der Waals surface area contributed by atoms with Gasteiger partial charge in [-0.05, 0) is 57.6 Å². The number of rotatable bonds is 4. The third kappa shape index (κ3) is 5.74. The first-order chi connectivity index (χ1) is 10.7. The number of benzene rings is 1. The van der Waals surface area contributed by atoms with E-state index in [-0.39, 0.29) is 0 Å². The fraction of sp³-hybridized carbons (Fsp3) is 0.611. The second-order valence-corrected chi connectivity index (χ2v) is 8.59. The molecule has 1 heterocycles. The van der Waals surface area contributed by atoms with Crippen LogP contribution in [0.2, 0.25) is 0 Å². The van der Waals surface area contributed by atoms with Crippen LogP contribution in [-0.2, 0) is 4.74 Å². The number of amides is 1. The number of ether oxygens (including phenoxy) is 1. The minimum atomic E-state index is -0.488. The van der Waals surface area contributed by atoms with Gasteiger partial charge < -0.3 is 10.1 Å². The third-order valence-electron chi connectivity index (χ3n) is 3.90. The molecule has 0 spiro atoms. The van der Waals surface area contributed by atoms with Crippen molar-refractivity contribution in [1.82, 2.24) is 5.32 Å². The maximum absolute atomic E-state index is 11.8. The molecular formula is C18H28N2O2S. The summed E-state index contributed by atoms with van der Waals surface area (Å²) in [5.41, 5.74) is 1.49. The zero-order valence-corrected chi connectivity index (χ0v) is 15.5. The predicted octanol–water partition coefficient (Wildman–Crippen LogP) is 4.58. The molecule has 1 fully saturated rings. The Bertz CT molecular complexity index is 525. The van der Waals surface area contributed by atoms with Gasteiger partial charge in [0.1, 0.15) is 5.60 Å². The van der Waals surface area contributed by atoms with E-state index >= 15 is 0 Å². The Labute approximate surface area is 143 Å². The van der Waals surface area contributed by atoms with Crippen LogP contribution >= 0.6 is 11.8 Å². The van der Waals surface area contributed by atoms with Crippen molar-refractivity contribution >= 4 is 23.5 Å². The lowest BCUT2D eigenvalue weighted by molar-refractivity contribution is 0.0636. The van der Waals surface area contributed by atoms with Crippen LogP contribution in [0.5, 0.6) is 0 Å². The molecule has 3 atom stereocenters. The average molecular weight is 337 g/mol. The van der Waals surface area contributed by atoms with Gasteiger partial charge in [0.2, 0.25) is 0 Å². The molecule has 0 aliphatic carbocycles. The van der Waals surface area contributed by atoms with E-state index in [2.05, 4.69) is 36.6 Å². The molecule has 1 amide bonds. The van der Waals surface area contributed by atoms with Gasteiger partial charge in [-0.3, -0.25) is 5.32 Å². The third-order valence-corrected chi connectivity index (χ3v) is 5.22. The van der Waals surface area contributed by atoms with Crippen molar-refractivity contribution in [3.8, 4) is 0 Å². The fourth-order valence-corrected chi connectivity index (χ4v) is 3.85. The summed E-state index contributed by atoms with van der Waals surface area (Å²) in [6.45, 7) is 10.0. The Balaban J connectivity index is 1.89. The lowest BCUT2D eigenvalue weighted by Gasteiger charge is -2.23. The van der Waals surface area contributed by atoms with Gasteiger partial charge >= 0.3 is 6.09 Å². The highest BCUT2D eigenvalue weighted by atomic mass is 32.2. The topological polar surface area (TPSA) is 50.4 Å². The van der Waals surface area contributed by atoms with E-state index < -0.39 is 11.7 Å². The van der Waals surface area contributed by atoms with Crippen molar-refractivity contribution in [2.75, 3.05) is 11.1 Å². The Kier molecular flexibility index (Phi) is 5.98. The molecular weight excluding hydrogens is 308 g/mol. The number of carbonyl (C=O) groups excluding carboxylic acids is 1. The summed E-state index contributed by atoms with van der Waals surface area (Å²) in [4.78, 5) is 11.8. The van der Waals surface area contributed by atoms with Gasteiger partial charge in [0, 0.05) is 23.0 Å². The van der Waals surface area contributed by atoms with Gasteiger partial charge in [-0.25, -0.2) is 4.79 Å². The smallest absolute Gasteiger partial charge is 0.412 e. The summed E-state index contributed by atoms with van der Waals surface area (Å²) in [6, 6.07) is 8.83. The maximum atomic E-state index is 11.8. The van der Waals surface area contributed by atoms with Crippen LogP contribution in [0.15, 0.2) is 24.3 Å². The van der Waals surface area contributed by atoms with E-state index in [9.17, 15) is 4.79 Å². The summed E-state index contributed by atoms with van der Waals surface area (Å²) >= 11 is 2.03. The lowest BCUT2D eigenvalue weighted by Crippen LogP contribution is -2.35. The highest BCUT2D eigenvalue weighted by molar-refractivity contribution is 8.00. The summed E-state index contributed by atoms with van der Waals surface area (Å²) in [5, 5.41) is 7.13. The number of carbonyl (C=O) groups is 1. The molecule has 1 saturated heterocycles. The van der Waals surface area contributed by atoms with E-state index in [0.29, 0.717) is 17.3 Å². The molecule has 1 aromatic carbocycles. The highest BCUT2D eigenvalue weighted by Crippen LogP contribution is 2.28. The molecule has 128 valence electrons. The van der Waals surface area contributed by atoms with Crippen LogP contribution < -0.4 is 10.6 Å². The van der Waals surface area contributed by atoms with Crippen molar-refractivity contribution < 1.29 is 9.53 Å². The van der Waals surface area contributed by atoms with Gasteiger partial charge in [0.15, 0.2) is 0 Å². The Morgan fingerprint density at radius 3 is 2.48 bits per heavy atom. The number of thioether (sulfide) groups is 1. The van der Waals surface area contributed by atoms with Crippen LogP contribution in [0.3, 0.4) is 0 Å². The molecule has 0 saturated carbocycles. The molecule has 1 aliphatic heterocycles. The molecule has 5 heteroatoms. The van der Waals surface area contributed by atoms with E-state index in [4.69, 9.17) is 4.74 Å². The van der Waals surface area contributed by atoms with Crippen LogP contribution in [0.1, 0.15) is 52.6 Å². The van der Waals surface area contributed by atoms with Crippen LogP contribution in [0.25, 0.3) is 0 Å². The molecule has 0 aromatic heterocycles. The van der Waals surface area contributed by atoms with Crippen molar-refractivity contribution in [3.05, 3.63) is 29.8 Å². The molecule has 1 aromatic rings. The van der Waals surface area contributed by atoms with Gasteiger partial charge in [-0.1, -0.05) is 19.1 Å². The predicted molar refractivity (Wildman–Crippen MR) is 98.2 cm³/mol. The molecule has 1 aliphatic rings. The van der Waals surface area contributed by atoms with Crippen LogP contribution in [0, 0.1) is 0 Å². The van der Waals surface area contributed by atoms with Crippen molar-refractivity contribution in [1.29, 1.82) is 0 Å². The second kappa shape index (κ2) is 7.58. The summed E-state index contributed by atoms with van der Waals surface area (Å²) in [7, 11) is 0. The monoisotopic (exact) mass is 336 g/mol. The average Bonchev–Trinajstić information content (AvgIpc) is 2.83. The van der Waals surface area contributed by atoms with Crippen molar-refractivity contribution in [3.63, 3.8) is 0 Å². The molecule has 4 nitrogen and oxygen atoms in total. The lowest BCUT2D eigenvalue weighted by atomic mass is 10.1.